The van der Waals surface area contributed by atoms with Crippen LogP contribution in [-0.2, 0) is 17.9 Å². The van der Waals surface area contributed by atoms with Crippen LogP contribution in [0.1, 0.15) is 11.1 Å². The average molecular weight is 268 g/mol. The van der Waals surface area contributed by atoms with E-state index in [1.54, 1.807) is 4.90 Å². The van der Waals surface area contributed by atoms with E-state index in [0.29, 0.717) is 13.1 Å². The zero-order chi connectivity index (χ0) is 13.9. The third-order valence-electron chi connectivity index (χ3n) is 3.48. The first-order chi connectivity index (χ1) is 9.79. The Labute approximate surface area is 117 Å². The maximum absolute atomic E-state index is 12.1. The summed E-state index contributed by atoms with van der Waals surface area (Å²) in [6.45, 7) is 1.07. The van der Waals surface area contributed by atoms with Crippen molar-refractivity contribution in [3.63, 3.8) is 0 Å². The SMILES string of the molecule is NCc1ccccc1CN1C(=O)COc2ccccc21. The van der Waals surface area contributed by atoms with Gasteiger partial charge in [-0.15, -0.1) is 0 Å². The van der Waals surface area contributed by atoms with Crippen molar-refractivity contribution < 1.29 is 9.53 Å². The van der Waals surface area contributed by atoms with Crippen LogP contribution in [0, 0.1) is 0 Å². The van der Waals surface area contributed by atoms with E-state index in [9.17, 15) is 4.79 Å². The van der Waals surface area contributed by atoms with Gasteiger partial charge in [0.05, 0.1) is 12.2 Å². The molecule has 1 amide bonds. The van der Waals surface area contributed by atoms with Gasteiger partial charge < -0.3 is 15.4 Å². The van der Waals surface area contributed by atoms with E-state index in [-0.39, 0.29) is 12.5 Å². The molecule has 1 heterocycles. The molecule has 1 aliphatic heterocycles. The number of nitrogens with two attached hydrogens (primary N) is 1. The normalized spacial score (nSPS) is 13.8. The predicted octanol–water partition coefficient (Wildman–Crippen LogP) is 2.07. The smallest absolute Gasteiger partial charge is 0.265 e. The van der Waals surface area contributed by atoms with Gasteiger partial charge in [-0.1, -0.05) is 36.4 Å². The molecule has 4 nitrogen and oxygen atoms in total. The highest BCUT2D eigenvalue weighted by atomic mass is 16.5. The van der Waals surface area contributed by atoms with Crippen molar-refractivity contribution in [3.8, 4) is 5.75 Å². The Morgan fingerprint density at radius 3 is 2.55 bits per heavy atom. The van der Waals surface area contributed by atoms with E-state index in [0.717, 1.165) is 22.6 Å². The van der Waals surface area contributed by atoms with Gasteiger partial charge in [-0.3, -0.25) is 4.79 Å². The molecule has 0 atom stereocenters. The van der Waals surface area contributed by atoms with Crippen molar-refractivity contribution >= 4 is 11.6 Å². The summed E-state index contributed by atoms with van der Waals surface area (Å²) in [5.41, 5.74) is 8.70. The van der Waals surface area contributed by atoms with Gasteiger partial charge in [-0.25, -0.2) is 0 Å². The van der Waals surface area contributed by atoms with E-state index in [2.05, 4.69) is 0 Å². The van der Waals surface area contributed by atoms with Crippen molar-refractivity contribution in [1.82, 2.24) is 0 Å². The van der Waals surface area contributed by atoms with Crippen LogP contribution in [0.2, 0.25) is 0 Å². The summed E-state index contributed by atoms with van der Waals surface area (Å²) in [5.74, 6) is 0.716. The molecule has 0 unspecified atom stereocenters. The van der Waals surface area contributed by atoms with Crippen LogP contribution in [0.4, 0.5) is 5.69 Å². The largest absolute Gasteiger partial charge is 0.482 e. The fourth-order valence-electron chi connectivity index (χ4n) is 2.41. The van der Waals surface area contributed by atoms with Gasteiger partial charge in [-0.2, -0.15) is 0 Å². The first-order valence-corrected chi connectivity index (χ1v) is 6.58. The molecule has 1 aliphatic rings. The number of rotatable bonds is 3. The molecule has 0 radical (unpaired) electrons. The number of amides is 1. The van der Waals surface area contributed by atoms with E-state index in [4.69, 9.17) is 10.5 Å². The first kappa shape index (κ1) is 12.7. The molecule has 0 spiro atoms. The molecule has 2 aromatic rings. The standard InChI is InChI=1S/C16H16N2O2/c17-9-12-5-1-2-6-13(12)10-18-14-7-3-4-8-15(14)20-11-16(18)19/h1-8H,9-11,17H2. The molecule has 0 saturated heterocycles. The minimum atomic E-state index is -0.0319. The van der Waals surface area contributed by atoms with Gasteiger partial charge >= 0.3 is 0 Å². The number of carbonyl (C=O) groups is 1. The van der Waals surface area contributed by atoms with Crippen LogP contribution < -0.4 is 15.4 Å². The van der Waals surface area contributed by atoms with Crippen LogP contribution >= 0.6 is 0 Å². The van der Waals surface area contributed by atoms with Crippen molar-refractivity contribution in [2.24, 2.45) is 5.73 Å². The lowest BCUT2D eigenvalue weighted by molar-refractivity contribution is -0.121. The van der Waals surface area contributed by atoms with E-state index < -0.39 is 0 Å². The summed E-state index contributed by atoms with van der Waals surface area (Å²) in [7, 11) is 0. The van der Waals surface area contributed by atoms with Crippen LogP contribution in [0.5, 0.6) is 5.75 Å². The summed E-state index contributed by atoms with van der Waals surface area (Å²) in [5, 5.41) is 0. The highest BCUT2D eigenvalue weighted by Crippen LogP contribution is 2.32. The number of hydrogen-bond donors (Lipinski definition) is 1. The zero-order valence-corrected chi connectivity index (χ0v) is 11.1. The second-order valence-electron chi connectivity index (χ2n) is 4.71. The van der Waals surface area contributed by atoms with E-state index in [1.807, 2.05) is 48.5 Å². The fourth-order valence-corrected chi connectivity index (χ4v) is 2.41. The number of anilines is 1. The highest BCUT2D eigenvalue weighted by Gasteiger charge is 2.25. The fraction of sp³-hybridized carbons (Fsp3) is 0.188. The maximum atomic E-state index is 12.1. The van der Waals surface area contributed by atoms with Gasteiger partial charge in [0, 0.05) is 6.54 Å². The van der Waals surface area contributed by atoms with Crippen molar-refractivity contribution in [3.05, 3.63) is 59.7 Å². The average Bonchev–Trinajstić information content (AvgIpc) is 2.50. The number of hydrogen-bond acceptors (Lipinski definition) is 3. The van der Waals surface area contributed by atoms with Crippen LogP contribution in [0.25, 0.3) is 0 Å². The number of carbonyl (C=O) groups excluding carboxylic acids is 1. The molecule has 0 bridgehead atoms. The monoisotopic (exact) mass is 268 g/mol. The lowest BCUT2D eigenvalue weighted by Crippen LogP contribution is -2.38. The third-order valence-corrected chi connectivity index (χ3v) is 3.48. The Bertz CT molecular complexity index is 640. The van der Waals surface area contributed by atoms with Crippen LogP contribution in [0.3, 0.4) is 0 Å². The molecule has 3 rings (SSSR count). The molecule has 4 heteroatoms. The van der Waals surface area contributed by atoms with E-state index in [1.165, 1.54) is 0 Å². The van der Waals surface area contributed by atoms with Gasteiger partial charge in [0.25, 0.3) is 5.91 Å². The van der Waals surface area contributed by atoms with Crippen molar-refractivity contribution in [2.75, 3.05) is 11.5 Å². The Morgan fingerprint density at radius 2 is 1.75 bits per heavy atom. The lowest BCUT2D eigenvalue weighted by Gasteiger charge is -2.29. The molecule has 0 saturated carbocycles. The zero-order valence-electron chi connectivity index (χ0n) is 11.1. The minimum Gasteiger partial charge on any atom is -0.482 e. The van der Waals surface area contributed by atoms with Gasteiger partial charge in [-0.05, 0) is 23.3 Å². The first-order valence-electron chi connectivity index (χ1n) is 6.58. The lowest BCUT2D eigenvalue weighted by atomic mass is 10.1. The quantitative estimate of drug-likeness (QED) is 0.927. The Morgan fingerprint density at radius 1 is 1.05 bits per heavy atom. The summed E-state index contributed by atoms with van der Waals surface area (Å²) >= 11 is 0. The third kappa shape index (κ3) is 2.26. The Balaban J connectivity index is 1.96. The van der Waals surface area contributed by atoms with Gasteiger partial charge in [0.1, 0.15) is 5.75 Å². The topological polar surface area (TPSA) is 55.6 Å². The number of para-hydroxylation sites is 2. The summed E-state index contributed by atoms with van der Waals surface area (Å²) in [4.78, 5) is 13.9. The number of benzene rings is 2. The summed E-state index contributed by atoms with van der Waals surface area (Å²) in [6, 6.07) is 15.5. The van der Waals surface area contributed by atoms with E-state index >= 15 is 0 Å². The minimum absolute atomic E-state index is 0.0319. The second kappa shape index (κ2) is 5.35. The van der Waals surface area contributed by atoms with Crippen molar-refractivity contribution in [2.45, 2.75) is 13.1 Å². The second-order valence-corrected chi connectivity index (χ2v) is 4.71. The van der Waals surface area contributed by atoms with Crippen LogP contribution in [0.15, 0.2) is 48.5 Å². The molecule has 2 aromatic carbocycles. The molecule has 102 valence electrons. The highest BCUT2D eigenvalue weighted by molar-refractivity contribution is 5.97. The molecular weight excluding hydrogens is 252 g/mol. The molecule has 0 fully saturated rings. The maximum Gasteiger partial charge on any atom is 0.265 e. The number of nitrogens with zero attached hydrogens (tertiary/aromatic N) is 1. The molecule has 0 aliphatic carbocycles. The molecular formula is C16H16N2O2. The number of fused-ring (bicyclic) bond motifs is 1. The summed E-state index contributed by atoms with van der Waals surface area (Å²) < 4.78 is 5.44. The molecule has 20 heavy (non-hydrogen) atoms. The Hall–Kier alpha value is -2.33. The summed E-state index contributed by atoms with van der Waals surface area (Å²) in [6.07, 6.45) is 0. The van der Waals surface area contributed by atoms with Gasteiger partial charge in [0.15, 0.2) is 6.61 Å². The van der Waals surface area contributed by atoms with Crippen LogP contribution in [-0.4, -0.2) is 12.5 Å². The van der Waals surface area contributed by atoms with Gasteiger partial charge in [0.2, 0.25) is 0 Å². The Kier molecular flexibility index (Phi) is 3.39. The molecule has 0 aromatic heterocycles. The predicted molar refractivity (Wildman–Crippen MR) is 77.5 cm³/mol. The molecule has 2 N–H and O–H groups in total. The number of ether oxygens (including phenoxy) is 1. The van der Waals surface area contributed by atoms with Crippen molar-refractivity contribution in [1.29, 1.82) is 0 Å².